The fourth-order valence-electron chi connectivity index (χ4n) is 7.49. The first-order valence-corrected chi connectivity index (χ1v) is 18.6. The quantitative estimate of drug-likeness (QED) is 0.115. The third kappa shape index (κ3) is 7.78. The molecule has 0 radical (unpaired) electrons. The molecule has 11 nitrogen and oxygen atoms in total. The minimum absolute atomic E-state index is 0.274. The summed E-state index contributed by atoms with van der Waals surface area (Å²) in [5.74, 6) is -0.496. The van der Waals surface area contributed by atoms with Crippen molar-refractivity contribution in [1.82, 2.24) is 15.5 Å². The van der Waals surface area contributed by atoms with Gasteiger partial charge in [-0.15, -0.1) is 0 Å². The van der Waals surface area contributed by atoms with Crippen LogP contribution in [-0.2, 0) is 19.2 Å². The van der Waals surface area contributed by atoms with E-state index in [0.29, 0.717) is 47.8 Å². The fourth-order valence-corrected chi connectivity index (χ4v) is 7.49. The number of likely N-dealkylation sites (N-methyl/N-ethyl adjacent to an activating group) is 1. The van der Waals surface area contributed by atoms with E-state index in [-0.39, 0.29) is 18.2 Å². The number of aliphatic hydroxyl groups excluding tert-OH is 1. The molecule has 282 valence electrons. The topological polar surface area (TPSA) is 144 Å². The van der Waals surface area contributed by atoms with Gasteiger partial charge in [-0.25, -0.2) is 4.90 Å². The Bertz CT molecular complexity index is 2120. The maximum absolute atomic E-state index is 14.2. The van der Waals surface area contributed by atoms with Crippen LogP contribution in [0.4, 0.5) is 11.4 Å². The van der Waals surface area contributed by atoms with Crippen LogP contribution in [0.3, 0.4) is 0 Å². The van der Waals surface area contributed by atoms with Gasteiger partial charge in [0.15, 0.2) is 11.3 Å². The van der Waals surface area contributed by atoms with Gasteiger partial charge in [0.2, 0.25) is 0 Å². The highest BCUT2D eigenvalue weighted by Crippen LogP contribution is 2.33. The molecule has 2 fully saturated rings. The number of ketones is 1. The molecule has 55 heavy (non-hydrogen) atoms. The van der Waals surface area contributed by atoms with Crippen molar-refractivity contribution >= 4 is 34.9 Å². The Morgan fingerprint density at radius 3 is 1.91 bits per heavy atom. The summed E-state index contributed by atoms with van der Waals surface area (Å²) in [5.41, 5.74) is 2.21. The molecule has 0 spiro atoms. The summed E-state index contributed by atoms with van der Waals surface area (Å²) >= 11 is 0. The summed E-state index contributed by atoms with van der Waals surface area (Å²) in [6.45, 7) is 1.21. The van der Waals surface area contributed by atoms with Gasteiger partial charge in [0.05, 0.1) is 11.7 Å². The van der Waals surface area contributed by atoms with E-state index >= 15 is 0 Å². The van der Waals surface area contributed by atoms with Crippen LogP contribution >= 0.6 is 0 Å². The number of carbonyl (C=O) groups excluding carboxylic acids is 4. The number of nitrogens with zero attached hydrogens (tertiary/aromatic N) is 2. The maximum Gasteiger partial charge on any atom is 0.255 e. The Morgan fingerprint density at radius 1 is 0.764 bits per heavy atom. The van der Waals surface area contributed by atoms with Crippen LogP contribution in [0.15, 0.2) is 126 Å². The number of aliphatic hydroxyl groups is 1. The smallest absolute Gasteiger partial charge is 0.255 e. The number of anilines is 2. The van der Waals surface area contributed by atoms with Gasteiger partial charge in [-0.3, -0.25) is 29.4 Å². The van der Waals surface area contributed by atoms with Gasteiger partial charge in [0, 0.05) is 16.8 Å². The van der Waals surface area contributed by atoms with E-state index in [0.717, 1.165) is 29.7 Å². The SMILES string of the molecule is CN(C)[C@@H](C(=O)N(C(=O)[C@@H]1CCCN1)c1ccc(-c2ccc(-c3ccc(NC(=O)[C@@]4(C(=O)[C@H](O)c5ccccc5)CCCN4)cc3)o2)cc1)c1ccccc1. The van der Waals surface area contributed by atoms with Crippen LogP contribution in [-0.4, -0.2) is 72.3 Å². The number of amides is 3. The molecule has 3 heterocycles. The summed E-state index contributed by atoms with van der Waals surface area (Å²) in [4.78, 5) is 58.4. The minimum atomic E-state index is -1.54. The van der Waals surface area contributed by atoms with Gasteiger partial charge in [-0.2, -0.15) is 0 Å². The number of furan rings is 1. The summed E-state index contributed by atoms with van der Waals surface area (Å²) in [6, 6.07) is 35.0. The molecule has 3 amide bonds. The third-order valence-electron chi connectivity index (χ3n) is 10.4. The molecule has 0 unspecified atom stereocenters. The molecule has 0 bridgehead atoms. The molecule has 0 saturated carbocycles. The molecule has 4 atom stereocenters. The molecular formula is C44H45N5O6. The average Bonchev–Trinajstić information content (AvgIpc) is 4.03. The number of carbonyl (C=O) groups is 4. The first kappa shape index (κ1) is 37.6. The number of nitrogens with one attached hydrogen (secondary N) is 3. The van der Waals surface area contributed by atoms with Crippen LogP contribution < -0.4 is 20.9 Å². The number of rotatable bonds is 12. The lowest BCUT2D eigenvalue weighted by Gasteiger charge is -2.31. The molecule has 4 N–H and O–H groups in total. The molecule has 2 aliphatic rings. The van der Waals surface area contributed by atoms with Crippen molar-refractivity contribution in [2.24, 2.45) is 0 Å². The van der Waals surface area contributed by atoms with Crippen molar-refractivity contribution in [3.8, 4) is 22.6 Å². The van der Waals surface area contributed by atoms with Crippen molar-refractivity contribution < 1.29 is 28.7 Å². The standard InChI is InChI=1S/C44H45N5O6/c1-48(2)38(31-11-5-3-6-12-31)42(53)49(41(52)35-15-9-27-45-35)34-22-18-30(19-23-34)37-25-24-36(55-37)29-16-20-33(21-17-29)47-43(54)44(26-10-28-46-44)40(51)39(50)32-13-7-4-8-14-32/h3-8,11-14,16-25,35,38-39,45-46,50H,9-10,15,26-28H2,1-2H3,(H,47,54)/t35-,38+,39+,44-/m0/s1. The molecule has 4 aromatic carbocycles. The zero-order valence-corrected chi connectivity index (χ0v) is 30.9. The normalized spacial score (nSPS) is 19.2. The van der Waals surface area contributed by atoms with E-state index in [1.165, 1.54) is 4.90 Å². The Labute approximate surface area is 320 Å². The van der Waals surface area contributed by atoms with E-state index in [4.69, 9.17) is 4.42 Å². The predicted octanol–water partition coefficient (Wildman–Crippen LogP) is 5.89. The van der Waals surface area contributed by atoms with Gasteiger partial charge >= 0.3 is 0 Å². The lowest BCUT2D eigenvalue weighted by molar-refractivity contribution is -0.140. The Balaban J connectivity index is 1.06. The largest absolute Gasteiger partial charge is 0.456 e. The van der Waals surface area contributed by atoms with Crippen LogP contribution in [0.2, 0.25) is 0 Å². The molecule has 5 aromatic rings. The lowest BCUT2D eigenvalue weighted by atomic mass is 9.85. The minimum Gasteiger partial charge on any atom is -0.456 e. The Morgan fingerprint density at radius 2 is 1.36 bits per heavy atom. The second-order valence-electron chi connectivity index (χ2n) is 14.3. The highest BCUT2D eigenvalue weighted by Gasteiger charge is 2.50. The van der Waals surface area contributed by atoms with E-state index < -0.39 is 35.4 Å². The fraction of sp³-hybridized carbons (Fsp3) is 0.273. The van der Waals surface area contributed by atoms with Crippen LogP contribution in [0.25, 0.3) is 22.6 Å². The monoisotopic (exact) mass is 739 g/mol. The first-order valence-electron chi connectivity index (χ1n) is 18.6. The molecule has 1 aromatic heterocycles. The van der Waals surface area contributed by atoms with E-state index in [9.17, 15) is 24.3 Å². The molecule has 2 aliphatic heterocycles. The highest BCUT2D eigenvalue weighted by molar-refractivity contribution is 6.19. The number of benzene rings is 4. The second kappa shape index (κ2) is 16.3. The third-order valence-corrected chi connectivity index (χ3v) is 10.4. The second-order valence-corrected chi connectivity index (χ2v) is 14.3. The summed E-state index contributed by atoms with van der Waals surface area (Å²) in [5, 5.41) is 20.0. The summed E-state index contributed by atoms with van der Waals surface area (Å²) in [6.07, 6.45) is 1.00. The van der Waals surface area contributed by atoms with Crippen molar-refractivity contribution in [2.45, 2.75) is 49.4 Å². The molecule has 7 rings (SSSR count). The number of Topliss-reactive ketones (excluding diaryl/α,β-unsaturated/α-hetero) is 1. The van der Waals surface area contributed by atoms with Gasteiger partial charge < -0.3 is 20.2 Å². The van der Waals surface area contributed by atoms with E-state index in [1.807, 2.05) is 85.7 Å². The lowest BCUT2D eigenvalue weighted by Crippen LogP contribution is -2.58. The van der Waals surface area contributed by atoms with E-state index in [1.54, 1.807) is 54.6 Å². The predicted molar refractivity (Wildman–Crippen MR) is 211 cm³/mol. The van der Waals surface area contributed by atoms with Crippen molar-refractivity contribution in [3.05, 3.63) is 132 Å². The van der Waals surface area contributed by atoms with Gasteiger partial charge in [-0.1, -0.05) is 60.7 Å². The number of hydrogen-bond acceptors (Lipinski definition) is 9. The van der Waals surface area contributed by atoms with Crippen LogP contribution in [0.5, 0.6) is 0 Å². The average molecular weight is 740 g/mol. The first-order chi connectivity index (χ1) is 26.7. The summed E-state index contributed by atoms with van der Waals surface area (Å²) in [7, 11) is 3.66. The van der Waals surface area contributed by atoms with Crippen LogP contribution in [0.1, 0.15) is 49.0 Å². The molecule has 2 saturated heterocycles. The maximum atomic E-state index is 14.2. The molecular weight excluding hydrogens is 695 g/mol. The Hall–Kier alpha value is -5.72. The molecule has 0 aliphatic carbocycles. The van der Waals surface area contributed by atoms with Crippen molar-refractivity contribution in [1.29, 1.82) is 0 Å². The van der Waals surface area contributed by atoms with Crippen LogP contribution in [0, 0.1) is 0 Å². The summed E-state index contributed by atoms with van der Waals surface area (Å²) < 4.78 is 6.24. The van der Waals surface area contributed by atoms with E-state index in [2.05, 4.69) is 16.0 Å². The Kier molecular flexibility index (Phi) is 11.2. The zero-order valence-electron chi connectivity index (χ0n) is 30.9. The highest BCUT2D eigenvalue weighted by atomic mass is 16.3. The zero-order chi connectivity index (χ0) is 38.5. The van der Waals surface area contributed by atoms with Crippen molar-refractivity contribution in [3.63, 3.8) is 0 Å². The van der Waals surface area contributed by atoms with Crippen molar-refractivity contribution in [2.75, 3.05) is 37.4 Å². The molecule has 11 heteroatoms. The van der Waals surface area contributed by atoms with Gasteiger partial charge in [0.25, 0.3) is 17.7 Å². The number of hydrogen-bond donors (Lipinski definition) is 4. The van der Waals surface area contributed by atoms with Gasteiger partial charge in [-0.05, 0) is 125 Å². The van der Waals surface area contributed by atoms with Gasteiger partial charge in [0.1, 0.15) is 23.7 Å². The number of imide groups is 1.